The van der Waals surface area contributed by atoms with Crippen molar-refractivity contribution in [3.05, 3.63) is 16.7 Å². The Morgan fingerprint density at radius 3 is 2.62 bits per heavy atom. The molecule has 0 aromatic carbocycles. The maximum Gasteiger partial charge on any atom is 0.412 e. The van der Waals surface area contributed by atoms with Gasteiger partial charge in [0.05, 0.1) is 5.69 Å². The van der Waals surface area contributed by atoms with Crippen molar-refractivity contribution < 1.29 is 9.53 Å². The average molecular weight is 288 g/mol. The lowest BCUT2D eigenvalue weighted by Gasteiger charge is -2.19. The number of hydrogen-bond acceptors (Lipinski definition) is 4. The predicted molar refractivity (Wildman–Crippen MR) is 66.2 cm³/mol. The molecule has 0 unspecified atom stereocenters. The van der Waals surface area contributed by atoms with Gasteiger partial charge >= 0.3 is 6.09 Å². The number of nitrogen functional groups attached to an aromatic ring is 1. The first-order valence-corrected chi connectivity index (χ1v) is 5.48. The maximum atomic E-state index is 11.4. The Bertz CT molecular complexity index is 381. The minimum atomic E-state index is -0.528. The van der Waals surface area contributed by atoms with E-state index in [9.17, 15) is 4.79 Å². The van der Waals surface area contributed by atoms with Crippen LogP contribution in [0.1, 0.15) is 20.8 Å². The predicted octanol–water partition coefficient (Wildman–Crippen LogP) is 2.77. The Morgan fingerprint density at radius 1 is 1.50 bits per heavy atom. The van der Waals surface area contributed by atoms with E-state index in [2.05, 4.69) is 26.2 Å². The molecule has 0 fully saturated rings. The second-order valence-corrected chi connectivity index (χ2v) is 5.04. The third-order valence-corrected chi connectivity index (χ3v) is 1.87. The number of carbonyl (C=O) groups is 1. The Morgan fingerprint density at radius 2 is 2.12 bits per heavy atom. The molecule has 1 heterocycles. The van der Waals surface area contributed by atoms with E-state index >= 15 is 0 Å². The van der Waals surface area contributed by atoms with Crippen molar-refractivity contribution in [1.82, 2.24) is 4.98 Å². The standard InChI is InChI=1S/C10H14BrN3O2/c1-10(2,3)16-9(15)13-6-4-7(11)14-8(12)5-6/h4-5H,1-3H3,(H3,12,13,14,15). The highest BCUT2D eigenvalue weighted by Gasteiger charge is 2.16. The minimum absolute atomic E-state index is 0.320. The Hall–Kier alpha value is -1.30. The molecule has 0 saturated carbocycles. The molecule has 0 radical (unpaired) electrons. The molecule has 0 aliphatic heterocycles. The van der Waals surface area contributed by atoms with Gasteiger partial charge in [-0.2, -0.15) is 0 Å². The van der Waals surface area contributed by atoms with Crippen molar-refractivity contribution in [3.8, 4) is 0 Å². The summed E-state index contributed by atoms with van der Waals surface area (Å²) < 4.78 is 5.65. The lowest BCUT2D eigenvalue weighted by atomic mass is 10.2. The first-order chi connectivity index (χ1) is 7.26. The summed E-state index contributed by atoms with van der Waals surface area (Å²) in [5.41, 5.74) is 5.54. The summed E-state index contributed by atoms with van der Waals surface area (Å²) in [5.74, 6) is 0.320. The third kappa shape index (κ3) is 4.48. The number of pyridine rings is 1. The third-order valence-electron chi connectivity index (χ3n) is 1.46. The highest BCUT2D eigenvalue weighted by atomic mass is 79.9. The zero-order valence-electron chi connectivity index (χ0n) is 9.37. The van der Waals surface area contributed by atoms with Crippen LogP contribution in [0.2, 0.25) is 0 Å². The van der Waals surface area contributed by atoms with E-state index in [0.717, 1.165) is 0 Å². The molecule has 88 valence electrons. The highest BCUT2D eigenvalue weighted by Crippen LogP contribution is 2.18. The SMILES string of the molecule is CC(C)(C)OC(=O)Nc1cc(N)nc(Br)c1. The molecule has 0 spiro atoms. The minimum Gasteiger partial charge on any atom is -0.444 e. The van der Waals surface area contributed by atoms with Gasteiger partial charge in [0.1, 0.15) is 16.0 Å². The first-order valence-electron chi connectivity index (χ1n) is 4.69. The molecule has 16 heavy (non-hydrogen) atoms. The van der Waals surface area contributed by atoms with Crippen LogP contribution in [-0.4, -0.2) is 16.7 Å². The Labute approximate surface area is 103 Å². The van der Waals surface area contributed by atoms with Gasteiger partial charge in [0.15, 0.2) is 0 Å². The lowest BCUT2D eigenvalue weighted by molar-refractivity contribution is 0.0636. The maximum absolute atomic E-state index is 11.4. The fraction of sp³-hybridized carbons (Fsp3) is 0.400. The topological polar surface area (TPSA) is 77.2 Å². The summed E-state index contributed by atoms with van der Waals surface area (Å²) in [6.45, 7) is 5.39. The van der Waals surface area contributed by atoms with Gasteiger partial charge in [0, 0.05) is 6.07 Å². The lowest BCUT2D eigenvalue weighted by Crippen LogP contribution is -2.27. The van der Waals surface area contributed by atoms with E-state index in [1.165, 1.54) is 0 Å². The molecular weight excluding hydrogens is 274 g/mol. The molecule has 0 saturated heterocycles. The van der Waals surface area contributed by atoms with Gasteiger partial charge < -0.3 is 10.5 Å². The number of nitrogens with two attached hydrogens (primary N) is 1. The molecule has 0 aliphatic carbocycles. The van der Waals surface area contributed by atoms with Crippen LogP contribution in [0.25, 0.3) is 0 Å². The van der Waals surface area contributed by atoms with Crippen LogP contribution in [0.4, 0.5) is 16.3 Å². The normalized spacial score (nSPS) is 11.0. The number of anilines is 2. The van der Waals surface area contributed by atoms with Crippen LogP contribution in [0.15, 0.2) is 16.7 Å². The summed E-state index contributed by atoms with van der Waals surface area (Å²) in [4.78, 5) is 15.4. The zero-order valence-corrected chi connectivity index (χ0v) is 11.0. The van der Waals surface area contributed by atoms with Crippen molar-refractivity contribution in [1.29, 1.82) is 0 Å². The molecule has 0 atom stereocenters. The van der Waals surface area contributed by atoms with Gasteiger partial charge in [-0.25, -0.2) is 9.78 Å². The van der Waals surface area contributed by atoms with Crippen molar-refractivity contribution >= 4 is 33.5 Å². The molecule has 5 nitrogen and oxygen atoms in total. The number of aromatic nitrogens is 1. The number of halogens is 1. The van der Waals surface area contributed by atoms with Gasteiger partial charge in [0.25, 0.3) is 0 Å². The number of hydrogen-bond donors (Lipinski definition) is 2. The molecule has 0 aliphatic rings. The van der Waals surface area contributed by atoms with Crippen LogP contribution in [0, 0.1) is 0 Å². The van der Waals surface area contributed by atoms with E-state index in [4.69, 9.17) is 10.5 Å². The largest absolute Gasteiger partial charge is 0.444 e. The molecule has 1 aromatic rings. The monoisotopic (exact) mass is 287 g/mol. The molecule has 1 amide bonds. The summed E-state index contributed by atoms with van der Waals surface area (Å²) in [5, 5.41) is 2.57. The first kappa shape index (κ1) is 12.8. The van der Waals surface area contributed by atoms with E-state index in [-0.39, 0.29) is 0 Å². The highest BCUT2D eigenvalue weighted by molar-refractivity contribution is 9.10. The van der Waals surface area contributed by atoms with Crippen LogP contribution >= 0.6 is 15.9 Å². The zero-order chi connectivity index (χ0) is 12.3. The van der Waals surface area contributed by atoms with E-state index < -0.39 is 11.7 Å². The fourth-order valence-corrected chi connectivity index (χ4v) is 1.46. The van der Waals surface area contributed by atoms with Crippen molar-refractivity contribution in [2.75, 3.05) is 11.1 Å². The van der Waals surface area contributed by atoms with Gasteiger partial charge in [-0.05, 0) is 42.8 Å². The molecule has 0 bridgehead atoms. The summed E-state index contributed by atoms with van der Waals surface area (Å²) in [6.07, 6.45) is -0.523. The number of ether oxygens (including phenoxy) is 1. The molecule has 3 N–H and O–H groups in total. The van der Waals surface area contributed by atoms with E-state index in [0.29, 0.717) is 16.1 Å². The number of amides is 1. The van der Waals surface area contributed by atoms with Gasteiger partial charge in [-0.3, -0.25) is 5.32 Å². The number of nitrogens with one attached hydrogen (secondary N) is 1. The van der Waals surface area contributed by atoms with Gasteiger partial charge in [-0.15, -0.1) is 0 Å². The van der Waals surface area contributed by atoms with Crippen LogP contribution in [-0.2, 0) is 4.74 Å². The van der Waals surface area contributed by atoms with Crippen LogP contribution < -0.4 is 11.1 Å². The number of nitrogens with zero attached hydrogens (tertiary/aromatic N) is 1. The molecule has 1 aromatic heterocycles. The second-order valence-electron chi connectivity index (χ2n) is 4.23. The van der Waals surface area contributed by atoms with E-state index in [1.807, 2.05) is 0 Å². The molecule has 6 heteroatoms. The smallest absolute Gasteiger partial charge is 0.412 e. The van der Waals surface area contributed by atoms with Gasteiger partial charge in [-0.1, -0.05) is 0 Å². The Kier molecular flexibility index (Phi) is 3.74. The van der Waals surface area contributed by atoms with Crippen molar-refractivity contribution in [3.63, 3.8) is 0 Å². The number of rotatable bonds is 1. The summed E-state index contributed by atoms with van der Waals surface area (Å²) in [6, 6.07) is 3.19. The van der Waals surface area contributed by atoms with Gasteiger partial charge in [0.2, 0.25) is 0 Å². The van der Waals surface area contributed by atoms with Crippen LogP contribution in [0.3, 0.4) is 0 Å². The second kappa shape index (κ2) is 4.69. The Balaban J connectivity index is 2.70. The fourth-order valence-electron chi connectivity index (χ4n) is 1.01. The van der Waals surface area contributed by atoms with Crippen LogP contribution in [0.5, 0.6) is 0 Å². The quantitative estimate of drug-likeness (QED) is 0.779. The number of carbonyl (C=O) groups excluding carboxylic acids is 1. The van der Waals surface area contributed by atoms with Crippen molar-refractivity contribution in [2.45, 2.75) is 26.4 Å². The van der Waals surface area contributed by atoms with Crippen molar-refractivity contribution in [2.24, 2.45) is 0 Å². The van der Waals surface area contributed by atoms with E-state index in [1.54, 1.807) is 32.9 Å². The molecular formula is C10H14BrN3O2. The summed E-state index contributed by atoms with van der Waals surface area (Å²) >= 11 is 3.18. The summed E-state index contributed by atoms with van der Waals surface area (Å²) in [7, 11) is 0. The average Bonchev–Trinajstić information content (AvgIpc) is 1.96. The molecule has 1 rings (SSSR count).